The minimum atomic E-state index is -3.79. The van der Waals surface area contributed by atoms with E-state index in [4.69, 9.17) is 15.1 Å². The molecular weight excluding hydrogens is 423 g/mol. The molecule has 11 heteroatoms. The molecule has 0 aliphatic carbocycles. The van der Waals surface area contributed by atoms with Crippen molar-refractivity contribution in [3.63, 3.8) is 0 Å². The Balaban J connectivity index is 1.74. The van der Waals surface area contributed by atoms with E-state index in [1.165, 1.54) is 24.3 Å². The summed E-state index contributed by atoms with van der Waals surface area (Å²) in [4.78, 5) is 7.99. The first-order chi connectivity index (χ1) is 14.8. The average molecular weight is 442 g/mol. The molecule has 0 fully saturated rings. The lowest BCUT2D eigenvalue weighted by Gasteiger charge is -2.12. The predicted octanol–water partition coefficient (Wildman–Crippen LogP) is 3.35. The zero-order chi connectivity index (χ0) is 22.4. The number of nitrogens with two attached hydrogens (primary N) is 1. The van der Waals surface area contributed by atoms with Crippen LogP contribution in [0.5, 0.6) is 5.75 Å². The van der Waals surface area contributed by atoms with Gasteiger partial charge in [-0.1, -0.05) is 0 Å². The molecular formula is C20H19FN6O3S. The van der Waals surface area contributed by atoms with E-state index < -0.39 is 15.8 Å². The van der Waals surface area contributed by atoms with Crippen molar-refractivity contribution in [1.29, 1.82) is 5.26 Å². The van der Waals surface area contributed by atoms with Gasteiger partial charge < -0.3 is 15.4 Å². The SMILES string of the molecule is Cc1cc(Nc2nc(Nc3ccc(S(N)(=O)=O)cc3)ncc2F)ccc1OCCC#N. The Labute approximate surface area is 178 Å². The molecule has 31 heavy (non-hydrogen) atoms. The van der Waals surface area contributed by atoms with Crippen LogP contribution in [-0.4, -0.2) is 25.0 Å². The predicted molar refractivity (Wildman–Crippen MR) is 113 cm³/mol. The van der Waals surface area contributed by atoms with Crippen molar-refractivity contribution in [2.75, 3.05) is 17.2 Å². The van der Waals surface area contributed by atoms with Gasteiger partial charge in [-0.15, -0.1) is 0 Å². The van der Waals surface area contributed by atoms with E-state index in [2.05, 4.69) is 20.6 Å². The van der Waals surface area contributed by atoms with E-state index in [0.29, 0.717) is 17.1 Å². The second kappa shape index (κ2) is 9.38. The number of rotatable bonds is 8. The van der Waals surface area contributed by atoms with Gasteiger partial charge in [0.25, 0.3) is 0 Å². The monoisotopic (exact) mass is 442 g/mol. The summed E-state index contributed by atoms with van der Waals surface area (Å²) in [5, 5.41) is 19.4. The zero-order valence-corrected chi connectivity index (χ0v) is 17.3. The van der Waals surface area contributed by atoms with Crippen molar-refractivity contribution in [3.05, 3.63) is 60.0 Å². The molecule has 0 spiro atoms. The van der Waals surface area contributed by atoms with Crippen molar-refractivity contribution in [3.8, 4) is 11.8 Å². The molecule has 1 aromatic heterocycles. The molecule has 0 bridgehead atoms. The lowest BCUT2D eigenvalue weighted by Crippen LogP contribution is -2.11. The molecule has 9 nitrogen and oxygen atoms in total. The molecule has 4 N–H and O–H groups in total. The number of nitrogens with one attached hydrogen (secondary N) is 2. The molecule has 0 unspecified atom stereocenters. The summed E-state index contributed by atoms with van der Waals surface area (Å²) in [6.07, 6.45) is 1.30. The van der Waals surface area contributed by atoms with Gasteiger partial charge in [0.15, 0.2) is 11.6 Å². The van der Waals surface area contributed by atoms with E-state index in [9.17, 15) is 12.8 Å². The smallest absolute Gasteiger partial charge is 0.238 e. The Morgan fingerprint density at radius 1 is 1.16 bits per heavy atom. The standard InChI is InChI=1S/C20H19FN6O3S/c1-13-11-15(5-8-18(13)30-10-2-9-22)25-19-17(21)12-24-20(27-19)26-14-3-6-16(7-4-14)31(23,28)29/h3-8,11-12H,2,10H2,1H3,(H2,23,28,29)(H2,24,25,26,27). The molecule has 2 aromatic carbocycles. The van der Waals surface area contributed by atoms with E-state index in [1.54, 1.807) is 18.2 Å². The Morgan fingerprint density at radius 3 is 2.52 bits per heavy atom. The van der Waals surface area contributed by atoms with Crippen LogP contribution in [-0.2, 0) is 10.0 Å². The van der Waals surface area contributed by atoms with Gasteiger partial charge in [-0.3, -0.25) is 0 Å². The van der Waals surface area contributed by atoms with Crippen LogP contribution in [0.25, 0.3) is 0 Å². The van der Waals surface area contributed by atoms with Crippen molar-refractivity contribution >= 4 is 33.2 Å². The normalized spacial score (nSPS) is 10.9. The molecule has 0 atom stereocenters. The molecule has 0 aliphatic heterocycles. The number of nitrogens with zero attached hydrogens (tertiary/aromatic N) is 3. The van der Waals surface area contributed by atoms with Gasteiger partial charge in [0.2, 0.25) is 16.0 Å². The summed E-state index contributed by atoms with van der Waals surface area (Å²) >= 11 is 0. The Bertz CT molecular complexity index is 1230. The van der Waals surface area contributed by atoms with Gasteiger partial charge in [0.05, 0.1) is 23.6 Å². The molecule has 0 aliphatic rings. The minimum Gasteiger partial charge on any atom is -0.492 e. The van der Waals surface area contributed by atoms with E-state index in [1.807, 2.05) is 13.0 Å². The van der Waals surface area contributed by atoms with E-state index in [-0.39, 0.29) is 29.7 Å². The van der Waals surface area contributed by atoms with Crippen molar-refractivity contribution in [1.82, 2.24) is 9.97 Å². The van der Waals surface area contributed by atoms with Gasteiger partial charge in [0.1, 0.15) is 12.4 Å². The molecule has 0 radical (unpaired) electrons. The van der Waals surface area contributed by atoms with Crippen LogP contribution in [0.15, 0.2) is 53.6 Å². The maximum atomic E-state index is 14.2. The fourth-order valence-corrected chi connectivity index (χ4v) is 3.12. The number of aryl methyl sites for hydroxylation is 1. The summed E-state index contributed by atoms with van der Waals surface area (Å²) in [7, 11) is -3.79. The van der Waals surface area contributed by atoms with Crippen LogP contribution in [0.1, 0.15) is 12.0 Å². The summed E-state index contributed by atoms with van der Waals surface area (Å²) in [6.45, 7) is 2.12. The van der Waals surface area contributed by atoms with Crippen LogP contribution in [0.3, 0.4) is 0 Å². The van der Waals surface area contributed by atoms with Crippen LogP contribution in [0.2, 0.25) is 0 Å². The van der Waals surface area contributed by atoms with Crippen molar-refractivity contribution < 1.29 is 17.5 Å². The molecule has 3 aromatic rings. The highest BCUT2D eigenvalue weighted by atomic mass is 32.2. The summed E-state index contributed by atoms with van der Waals surface area (Å²) < 4.78 is 42.4. The second-order valence-electron chi connectivity index (χ2n) is 6.45. The van der Waals surface area contributed by atoms with Crippen LogP contribution in [0, 0.1) is 24.1 Å². The first-order valence-electron chi connectivity index (χ1n) is 9.06. The number of nitriles is 1. The third kappa shape index (κ3) is 5.88. The Morgan fingerprint density at radius 2 is 1.87 bits per heavy atom. The van der Waals surface area contributed by atoms with Gasteiger partial charge in [0, 0.05) is 11.4 Å². The number of hydrogen-bond acceptors (Lipinski definition) is 8. The number of aromatic nitrogens is 2. The quantitative estimate of drug-likeness (QED) is 0.451. The maximum Gasteiger partial charge on any atom is 0.238 e. The Kier molecular flexibility index (Phi) is 6.64. The van der Waals surface area contributed by atoms with E-state index in [0.717, 1.165) is 11.8 Å². The highest BCUT2D eigenvalue weighted by Gasteiger charge is 2.11. The number of benzene rings is 2. The van der Waals surface area contributed by atoms with Crippen LogP contribution >= 0.6 is 0 Å². The van der Waals surface area contributed by atoms with E-state index >= 15 is 0 Å². The van der Waals surface area contributed by atoms with Crippen molar-refractivity contribution in [2.24, 2.45) is 5.14 Å². The lowest BCUT2D eigenvalue weighted by molar-refractivity contribution is 0.324. The number of sulfonamides is 1. The second-order valence-corrected chi connectivity index (χ2v) is 8.01. The third-order valence-corrected chi connectivity index (χ3v) is 5.02. The fourth-order valence-electron chi connectivity index (χ4n) is 2.60. The van der Waals surface area contributed by atoms with Gasteiger partial charge in [-0.05, 0) is 55.0 Å². The first-order valence-corrected chi connectivity index (χ1v) is 10.6. The molecule has 3 rings (SSSR count). The Hall–Kier alpha value is -3.75. The fraction of sp³-hybridized carbons (Fsp3) is 0.150. The van der Waals surface area contributed by atoms with Gasteiger partial charge in [-0.25, -0.2) is 22.9 Å². The largest absolute Gasteiger partial charge is 0.492 e. The molecule has 0 amide bonds. The molecule has 0 saturated heterocycles. The average Bonchev–Trinajstić information content (AvgIpc) is 2.72. The number of ether oxygens (including phenoxy) is 1. The zero-order valence-electron chi connectivity index (χ0n) is 16.5. The molecule has 160 valence electrons. The number of hydrogen-bond donors (Lipinski definition) is 3. The van der Waals surface area contributed by atoms with Crippen LogP contribution in [0.4, 0.5) is 27.5 Å². The third-order valence-electron chi connectivity index (χ3n) is 4.09. The highest BCUT2D eigenvalue weighted by molar-refractivity contribution is 7.89. The minimum absolute atomic E-state index is 0.0316. The summed E-state index contributed by atoms with van der Waals surface area (Å²) in [5.41, 5.74) is 1.90. The number of primary sulfonamides is 1. The molecule has 1 heterocycles. The summed E-state index contributed by atoms with van der Waals surface area (Å²) in [5.74, 6) is 0.0491. The van der Waals surface area contributed by atoms with Crippen molar-refractivity contribution in [2.45, 2.75) is 18.2 Å². The van der Waals surface area contributed by atoms with Gasteiger partial charge in [-0.2, -0.15) is 10.2 Å². The highest BCUT2D eigenvalue weighted by Crippen LogP contribution is 2.26. The maximum absolute atomic E-state index is 14.2. The number of halogens is 1. The lowest BCUT2D eigenvalue weighted by atomic mass is 10.2. The molecule has 0 saturated carbocycles. The van der Waals surface area contributed by atoms with Crippen LogP contribution < -0.4 is 20.5 Å². The summed E-state index contributed by atoms with van der Waals surface area (Å²) in [6, 6.07) is 12.9. The van der Waals surface area contributed by atoms with Gasteiger partial charge >= 0.3 is 0 Å². The topological polar surface area (TPSA) is 143 Å². The number of anilines is 4. The first kappa shape index (κ1) is 21.9.